The number of ether oxygens (including phenoxy) is 1. The summed E-state index contributed by atoms with van der Waals surface area (Å²) in [4.78, 5) is 7.70. The molecule has 1 aromatic carbocycles. The molecular formula is C10H7BClF5N4O. The molecule has 0 fully saturated rings. The average Bonchev–Trinajstić information content (AvgIpc) is 2.44. The molecule has 0 saturated carbocycles. The molecule has 0 saturated heterocycles. The van der Waals surface area contributed by atoms with Crippen LogP contribution in [0.5, 0.6) is 11.8 Å². The van der Waals surface area contributed by atoms with Gasteiger partial charge in [-0.2, -0.15) is 0 Å². The third-order valence-electron chi connectivity index (χ3n) is 1.64. The number of aromatic nitrogens is 2. The van der Waals surface area contributed by atoms with Crippen LogP contribution in [0.15, 0.2) is 36.7 Å². The highest BCUT2D eigenvalue weighted by Crippen LogP contribution is 2.27. The first-order valence-corrected chi connectivity index (χ1v) is 5.63. The molecule has 0 bridgehead atoms. The summed E-state index contributed by atoms with van der Waals surface area (Å²) in [6.07, 6.45) is 3.08. The van der Waals surface area contributed by atoms with Crippen LogP contribution in [0.4, 0.5) is 21.7 Å². The van der Waals surface area contributed by atoms with E-state index < -0.39 is 13.1 Å². The van der Waals surface area contributed by atoms with Gasteiger partial charge in [0.15, 0.2) is 0 Å². The summed E-state index contributed by atoms with van der Waals surface area (Å²) in [5.41, 5.74) is 0. The molecule has 22 heavy (non-hydrogen) atoms. The summed E-state index contributed by atoms with van der Waals surface area (Å²) in [5, 5.41) is 11.2. The van der Waals surface area contributed by atoms with E-state index in [0.29, 0.717) is 5.75 Å². The van der Waals surface area contributed by atoms with Crippen molar-refractivity contribution in [2.24, 2.45) is 0 Å². The lowest BCUT2D eigenvalue weighted by Crippen LogP contribution is -2.11. The number of hydrogen-bond donors (Lipinski definition) is 1. The van der Waals surface area contributed by atoms with E-state index in [0.717, 1.165) is 0 Å². The van der Waals surface area contributed by atoms with Gasteiger partial charge in [0, 0.05) is 12.4 Å². The van der Waals surface area contributed by atoms with Crippen molar-refractivity contribution in [3.05, 3.63) is 47.5 Å². The highest BCUT2D eigenvalue weighted by Gasteiger charge is 2.20. The smallest absolute Gasteiger partial charge is 0.423 e. The molecule has 0 aliphatic rings. The summed E-state index contributed by atoms with van der Waals surface area (Å²) in [5.74, 6) is -0.0920. The van der Waals surface area contributed by atoms with Crippen molar-refractivity contribution < 1.29 is 31.8 Å². The largest absolute Gasteiger partial charge is 0.673 e. The first-order valence-electron chi connectivity index (χ1n) is 5.25. The maximum absolute atomic E-state index is 12.7. The summed E-state index contributed by atoms with van der Waals surface area (Å²) >= 11 is 5.76. The van der Waals surface area contributed by atoms with Crippen molar-refractivity contribution in [2.45, 2.75) is 0 Å². The van der Waals surface area contributed by atoms with Gasteiger partial charge >= 0.3 is 13.3 Å². The van der Waals surface area contributed by atoms with Crippen LogP contribution in [-0.2, 0) is 0 Å². The van der Waals surface area contributed by atoms with Gasteiger partial charge in [0.2, 0.25) is 5.39 Å². The van der Waals surface area contributed by atoms with Crippen molar-refractivity contribution in [3.8, 4) is 11.8 Å². The van der Waals surface area contributed by atoms with Crippen LogP contribution in [-0.4, -0.2) is 17.2 Å². The van der Waals surface area contributed by atoms with Crippen LogP contribution in [0.3, 0.4) is 0 Å². The molecule has 118 valence electrons. The van der Waals surface area contributed by atoms with Gasteiger partial charge in [0.25, 0.3) is 0 Å². The zero-order valence-electron chi connectivity index (χ0n) is 10.6. The highest BCUT2D eigenvalue weighted by molar-refractivity contribution is 6.50. The van der Waals surface area contributed by atoms with E-state index in [4.69, 9.17) is 27.1 Å². The van der Waals surface area contributed by atoms with Crippen LogP contribution in [0.1, 0.15) is 0 Å². The van der Waals surface area contributed by atoms with Gasteiger partial charge in [-0.3, -0.25) is 0 Å². The molecule has 2 aromatic rings. The zero-order valence-corrected chi connectivity index (χ0v) is 11.3. The second kappa shape index (κ2) is 9.46. The van der Waals surface area contributed by atoms with Crippen LogP contribution in [0.25, 0.3) is 0 Å². The Labute approximate surface area is 126 Å². The molecule has 0 amide bonds. The van der Waals surface area contributed by atoms with Gasteiger partial charge in [-0.05, 0) is 24.3 Å². The number of diazo groups is 1. The van der Waals surface area contributed by atoms with Crippen molar-refractivity contribution in [3.63, 3.8) is 0 Å². The van der Waals surface area contributed by atoms with E-state index in [2.05, 4.69) is 9.97 Å². The van der Waals surface area contributed by atoms with Gasteiger partial charge in [0.1, 0.15) is 11.6 Å². The van der Waals surface area contributed by atoms with Crippen molar-refractivity contribution in [2.75, 3.05) is 0 Å². The van der Waals surface area contributed by atoms with E-state index >= 15 is 0 Å². The summed E-state index contributed by atoms with van der Waals surface area (Å²) in [6.45, 7) is 0. The lowest BCUT2D eigenvalue weighted by Gasteiger charge is -2.04. The van der Waals surface area contributed by atoms with Gasteiger partial charge < -0.3 is 22.0 Å². The molecule has 0 spiro atoms. The van der Waals surface area contributed by atoms with Crippen LogP contribution in [0.2, 0.25) is 5.02 Å². The minimum absolute atomic E-state index is 0.172. The quantitative estimate of drug-likeness (QED) is 0.517. The molecule has 0 radical (unpaired) electrons. The Morgan fingerprint density at radius 3 is 2.05 bits per heavy atom. The minimum atomic E-state index is -6.00. The van der Waals surface area contributed by atoms with Crippen LogP contribution in [0, 0.1) is 11.2 Å². The van der Waals surface area contributed by atoms with Crippen molar-refractivity contribution >= 4 is 18.9 Å². The summed E-state index contributed by atoms with van der Waals surface area (Å²) < 4.78 is 57.0. The monoisotopic (exact) mass is 340 g/mol. The first-order chi connectivity index (χ1) is 10.3. The maximum Gasteiger partial charge on any atom is 0.673 e. The molecule has 0 unspecified atom stereocenters. The second-order valence-corrected chi connectivity index (χ2v) is 3.61. The van der Waals surface area contributed by atoms with E-state index in [-0.39, 0.29) is 11.0 Å². The molecule has 2 rings (SSSR count). The molecule has 5 nitrogen and oxygen atoms in total. The number of nitrogens with one attached hydrogen (secondary N) is 1. The fourth-order valence-corrected chi connectivity index (χ4v) is 1.20. The predicted octanol–water partition coefficient (Wildman–Crippen LogP) is 2.64. The molecular weight excluding hydrogens is 333 g/mol. The van der Waals surface area contributed by atoms with Crippen molar-refractivity contribution in [1.29, 1.82) is 5.39 Å². The van der Waals surface area contributed by atoms with E-state index in [9.17, 15) is 21.7 Å². The minimum Gasteiger partial charge on any atom is -0.423 e. The Kier molecular flexibility index (Phi) is 8.40. The topological polar surface area (TPSA) is 82.6 Å². The molecule has 0 aliphatic heterocycles. The van der Waals surface area contributed by atoms with Gasteiger partial charge in [-0.25, -0.2) is 14.4 Å². The highest BCUT2D eigenvalue weighted by atomic mass is 35.5. The SMILES string of the molecule is F[B-](F)(F)F.Fc1ccc(Oc2ncccn2)c(Cl)c1.N#[NH+]. The molecule has 1 N–H and O–H groups in total. The number of benzene rings is 1. The van der Waals surface area contributed by atoms with Gasteiger partial charge in [-0.15, -0.1) is 0 Å². The molecule has 1 aromatic heterocycles. The lowest BCUT2D eigenvalue weighted by molar-refractivity contribution is -0.175. The first kappa shape index (κ1) is 19.5. The Bertz CT molecular complexity index is 593. The van der Waals surface area contributed by atoms with Gasteiger partial charge in [0.05, 0.1) is 10.4 Å². The Hall–Kier alpha value is -2.48. The number of halogens is 6. The fraction of sp³-hybridized carbons (Fsp3) is 0. The lowest BCUT2D eigenvalue weighted by atomic mass is 10.3. The number of nitrogens with zero attached hydrogens (tertiary/aromatic N) is 3. The van der Waals surface area contributed by atoms with E-state index in [1.165, 1.54) is 18.2 Å². The Morgan fingerprint density at radius 1 is 1.09 bits per heavy atom. The van der Waals surface area contributed by atoms with Crippen LogP contribution >= 0.6 is 11.6 Å². The third kappa shape index (κ3) is 9.43. The second-order valence-electron chi connectivity index (χ2n) is 3.20. The Balaban J connectivity index is 0.000000540. The average molecular weight is 340 g/mol. The number of rotatable bonds is 2. The molecule has 0 aliphatic carbocycles. The maximum atomic E-state index is 12.7. The summed E-state index contributed by atoms with van der Waals surface area (Å²) in [7, 11) is -6.00. The Morgan fingerprint density at radius 2 is 1.59 bits per heavy atom. The zero-order chi connectivity index (χ0) is 17.2. The van der Waals surface area contributed by atoms with Gasteiger partial charge in [-0.1, -0.05) is 11.6 Å². The predicted molar refractivity (Wildman–Crippen MR) is 66.4 cm³/mol. The number of hydrogen-bond acceptors (Lipinski definition) is 4. The molecule has 0 atom stereocenters. The van der Waals surface area contributed by atoms with E-state index in [1.54, 1.807) is 18.5 Å². The molecule has 12 heteroatoms. The van der Waals surface area contributed by atoms with E-state index in [1.807, 2.05) is 0 Å². The standard InChI is InChI=1S/C10H6ClFN2O.BF4.N2/c11-8-6-7(12)2-3-9(8)15-10-13-4-1-5-14-10;2-1(3,4)5;1-2/h1-6H;;/q;-1;/p+1. The van der Waals surface area contributed by atoms with Crippen molar-refractivity contribution in [1.82, 2.24) is 9.97 Å². The van der Waals surface area contributed by atoms with Crippen LogP contribution < -0.4 is 10.1 Å². The third-order valence-corrected chi connectivity index (χ3v) is 1.93. The fourth-order valence-electron chi connectivity index (χ4n) is 0.994. The molecule has 1 heterocycles. The normalized spacial score (nSPS) is 9.64. The summed E-state index contributed by atoms with van der Waals surface area (Å²) in [6, 6.07) is 5.68.